The number of hydrogen-bond donors (Lipinski definition) is 1. The predicted molar refractivity (Wildman–Crippen MR) is 113 cm³/mol. The molecule has 1 aromatic heterocycles. The summed E-state index contributed by atoms with van der Waals surface area (Å²) in [6, 6.07) is 26.5. The van der Waals surface area contributed by atoms with Crippen LogP contribution in [-0.2, 0) is 13.1 Å². The van der Waals surface area contributed by atoms with Gasteiger partial charge in [0.05, 0.1) is 24.2 Å². The van der Waals surface area contributed by atoms with Crippen molar-refractivity contribution in [1.82, 2.24) is 9.13 Å². The number of rotatable bonds is 7. The Morgan fingerprint density at radius 3 is 2.18 bits per heavy atom. The lowest BCUT2D eigenvalue weighted by molar-refractivity contribution is 0.301. The molecule has 4 rings (SSSR count). The fourth-order valence-electron chi connectivity index (χ4n) is 3.57. The maximum absolute atomic E-state index is 8.78. The molecule has 0 aliphatic carbocycles. The van der Waals surface area contributed by atoms with E-state index in [2.05, 4.69) is 52.5 Å². The molecule has 4 aromatic rings. The number of nitrogens with one attached hydrogen (secondary N) is 1. The van der Waals surface area contributed by atoms with Gasteiger partial charge in [-0.05, 0) is 48.7 Å². The molecular formula is C24H25N3O. The number of imidazole rings is 1. The first kappa shape index (κ1) is 18.1. The van der Waals surface area contributed by atoms with Crippen molar-refractivity contribution in [3.05, 3.63) is 95.6 Å². The number of benzene rings is 3. The van der Waals surface area contributed by atoms with E-state index in [9.17, 15) is 0 Å². The van der Waals surface area contributed by atoms with Crippen LogP contribution in [0.15, 0.2) is 78.9 Å². The lowest BCUT2D eigenvalue weighted by atomic mass is 10.1. The number of fused-ring (bicyclic) bond motifs is 1. The summed E-state index contributed by atoms with van der Waals surface area (Å²) >= 11 is 0. The van der Waals surface area contributed by atoms with Gasteiger partial charge >= 0.3 is 0 Å². The van der Waals surface area contributed by atoms with Crippen LogP contribution in [0.5, 0.6) is 5.75 Å². The van der Waals surface area contributed by atoms with Gasteiger partial charge in [0, 0.05) is 6.54 Å². The summed E-state index contributed by atoms with van der Waals surface area (Å²) in [5.74, 6) is 0.889. The number of nitrogens with zero attached hydrogens (tertiary/aromatic N) is 2. The first-order valence-electron chi connectivity index (χ1n) is 9.69. The van der Waals surface area contributed by atoms with Gasteiger partial charge < -0.3 is 13.9 Å². The van der Waals surface area contributed by atoms with Crippen molar-refractivity contribution < 1.29 is 4.74 Å². The third-order valence-corrected chi connectivity index (χ3v) is 5.10. The lowest BCUT2D eigenvalue weighted by Gasteiger charge is -2.08. The number of hydrogen-bond acceptors (Lipinski definition) is 2. The quantitative estimate of drug-likeness (QED) is 0.468. The first-order chi connectivity index (χ1) is 13.7. The fraction of sp³-hybridized carbons (Fsp3) is 0.208. The van der Waals surface area contributed by atoms with E-state index in [0.29, 0.717) is 18.8 Å². The molecule has 1 heterocycles. The third-order valence-electron chi connectivity index (χ3n) is 5.10. The van der Waals surface area contributed by atoms with Crippen molar-refractivity contribution in [2.24, 2.45) is 0 Å². The average Bonchev–Trinajstić information content (AvgIpc) is 2.99. The Hall–Kier alpha value is -3.27. The lowest BCUT2D eigenvalue weighted by Crippen LogP contribution is -2.26. The highest BCUT2D eigenvalue weighted by Crippen LogP contribution is 2.17. The van der Waals surface area contributed by atoms with Crippen molar-refractivity contribution >= 4 is 11.0 Å². The van der Waals surface area contributed by atoms with E-state index in [1.165, 1.54) is 11.1 Å². The van der Waals surface area contributed by atoms with Gasteiger partial charge in [-0.15, -0.1) is 0 Å². The Morgan fingerprint density at radius 1 is 0.786 bits per heavy atom. The van der Waals surface area contributed by atoms with E-state index in [-0.39, 0.29) is 0 Å². The maximum atomic E-state index is 8.78. The molecule has 0 spiro atoms. The van der Waals surface area contributed by atoms with Gasteiger partial charge in [0.1, 0.15) is 5.75 Å². The third kappa shape index (κ3) is 3.72. The second kappa shape index (κ2) is 8.17. The van der Waals surface area contributed by atoms with Gasteiger partial charge in [-0.2, -0.15) is 0 Å². The van der Waals surface area contributed by atoms with Crippen molar-refractivity contribution in [2.45, 2.75) is 26.4 Å². The molecule has 28 heavy (non-hydrogen) atoms. The number of aryl methyl sites for hydroxylation is 2. The van der Waals surface area contributed by atoms with Crippen molar-refractivity contribution in [2.75, 3.05) is 6.61 Å². The molecule has 0 bridgehead atoms. The first-order valence-corrected chi connectivity index (χ1v) is 9.69. The minimum Gasteiger partial charge on any atom is -0.494 e. The Bertz CT molecular complexity index is 1130. The van der Waals surface area contributed by atoms with Gasteiger partial charge in [-0.3, -0.25) is 5.41 Å². The second-order valence-electron chi connectivity index (χ2n) is 6.99. The Morgan fingerprint density at radius 2 is 1.43 bits per heavy atom. The van der Waals surface area contributed by atoms with Crippen molar-refractivity contribution in [3.8, 4) is 5.75 Å². The zero-order valence-electron chi connectivity index (χ0n) is 16.1. The van der Waals surface area contributed by atoms with Crippen LogP contribution in [0.4, 0.5) is 0 Å². The summed E-state index contributed by atoms with van der Waals surface area (Å²) < 4.78 is 9.99. The smallest absolute Gasteiger partial charge is 0.203 e. The molecular weight excluding hydrogens is 346 g/mol. The van der Waals surface area contributed by atoms with E-state index in [0.717, 1.165) is 29.7 Å². The van der Waals surface area contributed by atoms with Crippen LogP contribution < -0.4 is 10.4 Å². The molecule has 142 valence electrons. The molecule has 0 radical (unpaired) electrons. The zero-order valence-corrected chi connectivity index (χ0v) is 16.1. The van der Waals surface area contributed by atoms with E-state index in [1.54, 1.807) is 0 Å². The van der Waals surface area contributed by atoms with Crippen LogP contribution in [-0.4, -0.2) is 15.7 Å². The molecule has 0 saturated heterocycles. The summed E-state index contributed by atoms with van der Waals surface area (Å²) in [6.07, 6.45) is 0.851. The highest BCUT2D eigenvalue weighted by atomic mass is 16.5. The highest BCUT2D eigenvalue weighted by Gasteiger charge is 2.11. The van der Waals surface area contributed by atoms with Gasteiger partial charge in [0.2, 0.25) is 5.62 Å². The Labute approximate surface area is 165 Å². The summed E-state index contributed by atoms with van der Waals surface area (Å²) in [4.78, 5) is 0. The van der Waals surface area contributed by atoms with E-state index in [1.807, 2.05) is 42.5 Å². The van der Waals surface area contributed by atoms with Crippen LogP contribution in [0.25, 0.3) is 11.0 Å². The molecule has 4 nitrogen and oxygen atoms in total. The fourth-order valence-corrected chi connectivity index (χ4v) is 3.57. The molecule has 0 saturated carbocycles. The molecule has 0 unspecified atom stereocenters. The van der Waals surface area contributed by atoms with Gasteiger partial charge in [-0.1, -0.05) is 54.6 Å². The van der Waals surface area contributed by atoms with Crippen LogP contribution in [0, 0.1) is 12.3 Å². The maximum Gasteiger partial charge on any atom is 0.203 e. The topological polar surface area (TPSA) is 42.9 Å². The molecule has 0 aliphatic heterocycles. The van der Waals surface area contributed by atoms with Gasteiger partial charge in [-0.25, -0.2) is 0 Å². The second-order valence-corrected chi connectivity index (χ2v) is 6.99. The van der Waals surface area contributed by atoms with Crippen LogP contribution >= 0.6 is 0 Å². The van der Waals surface area contributed by atoms with Gasteiger partial charge in [0.25, 0.3) is 0 Å². The molecule has 0 atom stereocenters. The molecule has 4 heteroatoms. The number of aromatic nitrogens is 2. The van der Waals surface area contributed by atoms with Crippen LogP contribution in [0.2, 0.25) is 0 Å². The Balaban J connectivity index is 1.56. The Kier molecular flexibility index (Phi) is 5.29. The monoisotopic (exact) mass is 371 g/mol. The average molecular weight is 371 g/mol. The van der Waals surface area contributed by atoms with Crippen LogP contribution in [0.3, 0.4) is 0 Å². The summed E-state index contributed by atoms with van der Waals surface area (Å²) in [5, 5.41) is 8.78. The summed E-state index contributed by atoms with van der Waals surface area (Å²) in [7, 11) is 0. The number of para-hydroxylation sites is 3. The minimum absolute atomic E-state index is 0.532. The predicted octanol–water partition coefficient (Wildman–Crippen LogP) is 4.75. The number of ether oxygens (including phenoxy) is 1. The minimum atomic E-state index is 0.532. The van der Waals surface area contributed by atoms with E-state index >= 15 is 0 Å². The van der Waals surface area contributed by atoms with Gasteiger partial charge in [0.15, 0.2) is 0 Å². The molecule has 1 N–H and O–H groups in total. The van der Waals surface area contributed by atoms with Crippen molar-refractivity contribution in [1.29, 1.82) is 5.41 Å². The highest BCUT2D eigenvalue weighted by molar-refractivity contribution is 5.76. The van der Waals surface area contributed by atoms with E-state index in [4.69, 9.17) is 10.1 Å². The standard InChI is InChI=1S/C24H25N3O/c1-19-10-5-6-11-20(19)18-27-23-15-8-7-14-22(23)26(24(27)25)16-9-17-28-21-12-3-2-4-13-21/h2-8,10-15,25H,9,16-18H2,1H3. The molecule has 0 fully saturated rings. The molecule has 0 aliphatic rings. The normalized spacial score (nSPS) is 11.0. The largest absolute Gasteiger partial charge is 0.494 e. The van der Waals surface area contributed by atoms with Crippen molar-refractivity contribution in [3.63, 3.8) is 0 Å². The zero-order chi connectivity index (χ0) is 19.3. The summed E-state index contributed by atoms with van der Waals surface area (Å²) in [5.41, 5.74) is 5.23. The molecule has 3 aromatic carbocycles. The molecule has 0 amide bonds. The van der Waals surface area contributed by atoms with E-state index < -0.39 is 0 Å². The van der Waals surface area contributed by atoms with Crippen LogP contribution in [0.1, 0.15) is 17.5 Å². The summed E-state index contributed by atoms with van der Waals surface area (Å²) in [6.45, 7) is 4.22. The SMILES string of the molecule is Cc1ccccc1Cn1c(=N)n(CCCOc2ccccc2)c2ccccc21.